The maximum absolute atomic E-state index is 10.1. The molecule has 0 N–H and O–H groups in total. The van der Waals surface area contributed by atoms with Gasteiger partial charge < -0.3 is 9.53 Å². The van der Waals surface area contributed by atoms with Crippen LogP contribution in [0.1, 0.15) is 17.5 Å². The molecule has 0 spiro atoms. The molecular weight excluding hydrogens is 178 g/mol. The zero-order valence-electron chi connectivity index (χ0n) is 8.36. The Hall–Kier alpha value is -1.64. The van der Waals surface area contributed by atoms with Crippen molar-refractivity contribution in [2.45, 2.75) is 13.3 Å². The van der Waals surface area contributed by atoms with Crippen LogP contribution in [0.2, 0.25) is 0 Å². The molecule has 1 heterocycles. The van der Waals surface area contributed by atoms with Gasteiger partial charge in [-0.2, -0.15) is 0 Å². The second-order valence-corrected chi connectivity index (χ2v) is 2.90. The lowest BCUT2D eigenvalue weighted by Crippen LogP contribution is -1.91. The number of methoxy groups -OCH3 is 1. The number of pyridine rings is 1. The van der Waals surface area contributed by atoms with Crippen LogP contribution in [0.3, 0.4) is 0 Å². The number of aromatic nitrogens is 1. The maximum atomic E-state index is 10.1. The van der Waals surface area contributed by atoms with Crippen molar-refractivity contribution < 1.29 is 9.53 Å². The molecule has 0 radical (unpaired) electrons. The van der Waals surface area contributed by atoms with Crippen molar-refractivity contribution in [2.75, 3.05) is 7.11 Å². The Labute approximate surface area is 83.4 Å². The van der Waals surface area contributed by atoms with Crippen LogP contribution < -0.4 is 4.74 Å². The lowest BCUT2D eigenvalue weighted by molar-refractivity contribution is -0.107. The Morgan fingerprint density at radius 1 is 1.57 bits per heavy atom. The summed E-state index contributed by atoms with van der Waals surface area (Å²) >= 11 is 0. The van der Waals surface area contributed by atoms with Crippen LogP contribution in [0.4, 0.5) is 0 Å². The molecular formula is C11H13NO2. The standard InChI is InChI=1S/C11H13NO2/c1-9-7-10(5-3-4-6-13)8-12-11(9)14-2/h3,5-8H,4H2,1-2H3. The molecule has 0 aliphatic carbocycles. The quantitative estimate of drug-likeness (QED) is 0.683. The Kier molecular flexibility index (Phi) is 3.85. The van der Waals surface area contributed by atoms with E-state index in [-0.39, 0.29) is 0 Å². The van der Waals surface area contributed by atoms with Crippen molar-refractivity contribution in [3.8, 4) is 5.88 Å². The first-order valence-electron chi connectivity index (χ1n) is 4.38. The van der Waals surface area contributed by atoms with Crippen LogP contribution in [0.15, 0.2) is 18.3 Å². The zero-order valence-corrected chi connectivity index (χ0v) is 8.36. The highest BCUT2D eigenvalue weighted by Gasteiger charge is 1.98. The van der Waals surface area contributed by atoms with Gasteiger partial charge in [-0.3, -0.25) is 0 Å². The molecule has 0 atom stereocenters. The van der Waals surface area contributed by atoms with Gasteiger partial charge in [0.1, 0.15) is 6.29 Å². The number of allylic oxidation sites excluding steroid dienone is 1. The van der Waals surface area contributed by atoms with Crippen LogP contribution in [0.5, 0.6) is 5.88 Å². The fourth-order valence-corrected chi connectivity index (χ4v) is 1.15. The van der Waals surface area contributed by atoms with Crippen LogP contribution in [-0.2, 0) is 4.79 Å². The molecule has 3 nitrogen and oxygen atoms in total. The lowest BCUT2D eigenvalue weighted by Gasteiger charge is -2.02. The summed E-state index contributed by atoms with van der Waals surface area (Å²) in [5.41, 5.74) is 1.96. The van der Waals surface area contributed by atoms with Crippen LogP contribution in [0, 0.1) is 6.92 Å². The predicted molar refractivity (Wildman–Crippen MR) is 55.2 cm³/mol. The van der Waals surface area contributed by atoms with E-state index in [1.165, 1.54) is 0 Å². The van der Waals surface area contributed by atoms with Crippen LogP contribution in [-0.4, -0.2) is 18.4 Å². The molecule has 1 aromatic rings. The van der Waals surface area contributed by atoms with Gasteiger partial charge >= 0.3 is 0 Å². The summed E-state index contributed by atoms with van der Waals surface area (Å²) in [6, 6.07) is 1.97. The molecule has 0 saturated heterocycles. The van der Waals surface area contributed by atoms with E-state index in [2.05, 4.69) is 4.98 Å². The van der Waals surface area contributed by atoms with Gasteiger partial charge in [0.2, 0.25) is 5.88 Å². The number of aryl methyl sites for hydroxylation is 1. The predicted octanol–water partition coefficient (Wildman–Crippen LogP) is 2.00. The minimum atomic E-state index is 0.436. The normalized spacial score (nSPS) is 10.4. The number of carbonyl (C=O) groups is 1. The van der Waals surface area contributed by atoms with Crippen LogP contribution >= 0.6 is 0 Å². The van der Waals surface area contributed by atoms with Gasteiger partial charge in [0, 0.05) is 18.2 Å². The third kappa shape index (κ3) is 2.69. The number of hydrogen-bond donors (Lipinski definition) is 0. The second-order valence-electron chi connectivity index (χ2n) is 2.90. The molecule has 0 fully saturated rings. The molecule has 0 unspecified atom stereocenters. The van der Waals surface area contributed by atoms with Crippen molar-refractivity contribution in [3.63, 3.8) is 0 Å². The van der Waals surface area contributed by atoms with E-state index in [4.69, 9.17) is 4.74 Å². The van der Waals surface area contributed by atoms with Gasteiger partial charge in [0.25, 0.3) is 0 Å². The fraction of sp³-hybridized carbons (Fsp3) is 0.273. The van der Waals surface area contributed by atoms with Crippen molar-refractivity contribution >= 4 is 12.4 Å². The summed E-state index contributed by atoms with van der Waals surface area (Å²) in [7, 11) is 1.59. The van der Waals surface area contributed by atoms with E-state index in [1.807, 2.05) is 19.1 Å². The summed E-state index contributed by atoms with van der Waals surface area (Å²) in [6.45, 7) is 1.93. The number of nitrogens with zero attached hydrogens (tertiary/aromatic N) is 1. The molecule has 1 aromatic heterocycles. The number of hydrogen-bond acceptors (Lipinski definition) is 3. The molecule has 0 aromatic carbocycles. The third-order valence-corrected chi connectivity index (χ3v) is 1.79. The summed E-state index contributed by atoms with van der Waals surface area (Å²) in [5.74, 6) is 0.637. The summed E-state index contributed by atoms with van der Waals surface area (Å²) in [4.78, 5) is 14.2. The van der Waals surface area contributed by atoms with E-state index < -0.39 is 0 Å². The second kappa shape index (κ2) is 5.17. The van der Waals surface area contributed by atoms with Crippen molar-refractivity contribution in [3.05, 3.63) is 29.5 Å². The molecule has 1 rings (SSSR count). The smallest absolute Gasteiger partial charge is 0.215 e. The highest BCUT2D eigenvalue weighted by atomic mass is 16.5. The highest BCUT2D eigenvalue weighted by molar-refractivity contribution is 5.58. The molecule has 14 heavy (non-hydrogen) atoms. The van der Waals surface area contributed by atoms with Gasteiger partial charge in [-0.15, -0.1) is 0 Å². The average Bonchev–Trinajstić information content (AvgIpc) is 2.18. The first-order chi connectivity index (χ1) is 6.77. The van der Waals surface area contributed by atoms with Crippen LogP contribution in [0.25, 0.3) is 6.08 Å². The average molecular weight is 191 g/mol. The van der Waals surface area contributed by atoms with Gasteiger partial charge in [0.15, 0.2) is 0 Å². The van der Waals surface area contributed by atoms with Crippen molar-refractivity contribution in [1.29, 1.82) is 0 Å². The molecule has 0 amide bonds. The Morgan fingerprint density at radius 2 is 2.36 bits per heavy atom. The number of aldehydes is 1. The summed E-state index contributed by atoms with van der Waals surface area (Å²) < 4.78 is 5.03. The lowest BCUT2D eigenvalue weighted by atomic mass is 10.2. The minimum absolute atomic E-state index is 0.436. The van der Waals surface area contributed by atoms with E-state index in [9.17, 15) is 4.79 Å². The number of carbonyl (C=O) groups excluding carboxylic acids is 1. The fourth-order valence-electron chi connectivity index (χ4n) is 1.15. The first kappa shape index (κ1) is 10.4. The first-order valence-corrected chi connectivity index (χ1v) is 4.38. The topological polar surface area (TPSA) is 39.2 Å². The van der Waals surface area contributed by atoms with Crippen molar-refractivity contribution in [1.82, 2.24) is 4.98 Å². The maximum Gasteiger partial charge on any atom is 0.215 e. The van der Waals surface area contributed by atoms with E-state index in [0.29, 0.717) is 12.3 Å². The Balaban J connectivity index is 2.80. The monoisotopic (exact) mass is 191 g/mol. The Bertz CT molecular complexity index is 345. The summed E-state index contributed by atoms with van der Waals surface area (Å²) in [6.07, 6.45) is 6.68. The molecule has 74 valence electrons. The van der Waals surface area contributed by atoms with E-state index >= 15 is 0 Å². The Morgan fingerprint density at radius 3 is 2.93 bits per heavy atom. The van der Waals surface area contributed by atoms with Gasteiger partial charge in [-0.1, -0.05) is 12.2 Å². The largest absolute Gasteiger partial charge is 0.481 e. The van der Waals surface area contributed by atoms with Gasteiger partial charge in [0.05, 0.1) is 7.11 Å². The molecule has 0 saturated carbocycles. The van der Waals surface area contributed by atoms with Gasteiger partial charge in [-0.05, 0) is 18.6 Å². The molecule has 0 aliphatic heterocycles. The summed E-state index contributed by atoms with van der Waals surface area (Å²) in [5, 5.41) is 0. The molecule has 3 heteroatoms. The zero-order chi connectivity index (χ0) is 10.4. The third-order valence-electron chi connectivity index (χ3n) is 1.79. The molecule has 0 aliphatic rings. The number of rotatable bonds is 4. The number of ether oxygens (including phenoxy) is 1. The molecule has 0 bridgehead atoms. The van der Waals surface area contributed by atoms with E-state index in [1.54, 1.807) is 19.4 Å². The highest BCUT2D eigenvalue weighted by Crippen LogP contribution is 2.15. The van der Waals surface area contributed by atoms with Gasteiger partial charge in [-0.25, -0.2) is 4.98 Å². The minimum Gasteiger partial charge on any atom is -0.481 e. The van der Waals surface area contributed by atoms with Crippen molar-refractivity contribution in [2.24, 2.45) is 0 Å². The SMILES string of the molecule is COc1ncc(C=CCC=O)cc1C. The van der Waals surface area contributed by atoms with E-state index in [0.717, 1.165) is 17.4 Å².